The van der Waals surface area contributed by atoms with Crippen LogP contribution in [0.4, 0.5) is 4.39 Å². The lowest BCUT2D eigenvalue weighted by Crippen LogP contribution is -2.42. The SMILES string of the molecule is CC(O)(CNS(=O)(=O)c1ccc(F)c(Cl)c1)Cc1ccco1. The summed E-state index contributed by atoms with van der Waals surface area (Å²) in [5, 5.41) is 9.94. The van der Waals surface area contributed by atoms with Crippen molar-refractivity contribution in [3.05, 3.63) is 53.2 Å². The van der Waals surface area contributed by atoms with Crippen LogP contribution in [0.2, 0.25) is 5.02 Å². The van der Waals surface area contributed by atoms with E-state index >= 15 is 0 Å². The van der Waals surface area contributed by atoms with Gasteiger partial charge in [-0.1, -0.05) is 11.6 Å². The van der Waals surface area contributed by atoms with E-state index in [1.807, 2.05) is 0 Å². The predicted octanol–water partition coefficient (Wildman–Crippen LogP) is 2.34. The van der Waals surface area contributed by atoms with Crippen molar-refractivity contribution in [1.29, 1.82) is 0 Å². The van der Waals surface area contributed by atoms with Crippen molar-refractivity contribution < 1.29 is 22.3 Å². The van der Waals surface area contributed by atoms with Crippen molar-refractivity contribution in [2.45, 2.75) is 23.8 Å². The zero-order chi connectivity index (χ0) is 16.4. The first-order chi connectivity index (χ1) is 10.2. The lowest BCUT2D eigenvalue weighted by Gasteiger charge is -2.22. The summed E-state index contributed by atoms with van der Waals surface area (Å²) in [6, 6.07) is 6.45. The quantitative estimate of drug-likeness (QED) is 0.840. The van der Waals surface area contributed by atoms with Gasteiger partial charge in [-0.05, 0) is 37.3 Å². The van der Waals surface area contributed by atoms with E-state index in [9.17, 15) is 17.9 Å². The molecule has 1 aromatic carbocycles. The summed E-state index contributed by atoms with van der Waals surface area (Å²) >= 11 is 5.58. The topological polar surface area (TPSA) is 79.5 Å². The molecule has 1 heterocycles. The second-order valence-electron chi connectivity index (χ2n) is 5.15. The van der Waals surface area contributed by atoms with Crippen LogP contribution in [0.5, 0.6) is 0 Å². The highest BCUT2D eigenvalue weighted by Crippen LogP contribution is 2.20. The van der Waals surface area contributed by atoms with Gasteiger partial charge in [0.2, 0.25) is 10.0 Å². The molecule has 1 atom stereocenters. The Morgan fingerprint density at radius 3 is 2.73 bits per heavy atom. The third kappa shape index (κ3) is 4.30. The molecule has 0 bridgehead atoms. The van der Waals surface area contributed by atoms with E-state index in [2.05, 4.69) is 4.72 Å². The van der Waals surface area contributed by atoms with Crippen LogP contribution in [0.1, 0.15) is 12.7 Å². The van der Waals surface area contributed by atoms with Crippen LogP contribution in [0.3, 0.4) is 0 Å². The molecule has 0 radical (unpaired) electrons. The number of hydrogen-bond acceptors (Lipinski definition) is 4. The minimum Gasteiger partial charge on any atom is -0.469 e. The van der Waals surface area contributed by atoms with Gasteiger partial charge in [-0.2, -0.15) is 0 Å². The first-order valence-electron chi connectivity index (χ1n) is 6.39. The van der Waals surface area contributed by atoms with Gasteiger partial charge in [-0.25, -0.2) is 17.5 Å². The summed E-state index contributed by atoms with van der Waals surface area (Å²) in [5.41, 5.74) is -1.34. The molecule has 0 saturated heterocycles. The van der Waals surface area contributed by atoms with E-state index in [-0.39, 0.29) is 22.9 Å². The smallest absolute Gasteiger partial charge is 0.240 e. The van der Waals surface area contributed by atoms with E-state index in [0.717, 1.165) is 18.2 Å². The predicted molar refractivity (Wildman–Crippen MR) is 79.6 cm³/mol. The fraction of sp³-hybridized carbons (Fsp3) is 0.286. The van der Waals surface area contributed by atoms with Crippen LogP contribution >= 0.6 is 11.6 Å². The lowest BCUT2D eigenvalue weighted by molar-refractivity contribution is 0.0603. The van der Waals surface area contributed by atoms with Crippen molar-refractivity contribution in [1.82, 2.24) is 4.72 Å². The van der Waals surface area contributed by atoms with Crippen molar-refractivity contribution in [3.63, 3.8) is 0 Å². The molecule has 22 heavy (non-hydrogen) atoms. The molecule has 0 aliphatic rings. The molecule has 0 aliphatic carbocycles. The van der Waals surface area contributed by atoms with E-state index in [1.165, 1.54) is 13.2 Å². The third-order valence-electron chi connectivity index (χ3n) is 2.98. The zero-order valence-corrected chi connectivity index (χ0v) is 13.3. The molecule has 0 spiro atoms. The molecule has 0 amide bonds. The Bertz CT molecular complexity index is 744. The molecule has 1 aromatic heterocycles. The van der Waals surface area contributed by atoms with Gasteiger partial charge >= 0.3 is 0 Å². The first-order valence-corrected chi connectivity index (χ1v) is 8.25. The van der Waals surface area contributed by atoms with Gasteiger partial charge in [0.05, 0.1) is 21.8 Å². The Morgan fingerprint density at radius 2 is 2.14 bits per heavy atom. The van der Waals surface area contributed by atoms with Crippen molar-refractivity contribution in [2.24, 2.45) is 0 Å². The van der Waals surface area contributed by atoms with Crippen LogP contribution in [-0.4, -0.2) is 25.7 Å². The zero-order valence-electron chi connectivity index (χ0n) is 11.7. The Labute approximate surface area is 132 Å². The van der Waals surface area contributed by atoms with Gasteiger partial charge < -0.3 is 9.52 Å². The Hall–Kier alpha value is -1.41. The Morgan fingerprint density at radius 1 is 1.41 bits per heavy atom. The number of halogens is 2. The normalized spacial score (nSPS) is 14.7. The van der Waals surface area contributed by atoms with Crippen LogP contribution in [0, 0.1) is 5.82 Å². The van der Waals surface area contributed by atoms with Gasteiger partial charge in [0.25, 0.3) is 0 Å². The standard InChI is InChI=1S/C14H15ClFNO4S/c1-14(18,8-10-3-2-6-21-10)9-17-22(19,20)11-4-5-13(16)12(15)7-11/h2-7,17-18H,8-9H2,1H3. The van der Waals surface area contributed by atoms with Gasteiger partial charge in [-0.3, -0.25) is 0 Å². The summed E-state index contributed by atoms with van der Waals surface area (Å²) in [6.07, 6.45) is 1.61. The van der Waals surface area contributed by atoms with Crippen LogP contribution in [0.15, 0.2) is 45.9 Å². The van der Waals surface area contributed by atoms with E-state index in [1.54, 1.807) is 12.1 Å². The van der Waals surface area contributed by atoms with Gasteiger partial charge in [0.1, 0.15) is 11.6 Å². The molecule has 0 aliphatic heterocycles. The molecular formula is C14H15ClFNO4S. The van der Waals surface area contributed by atoms with Gasteiger partial charge in [0, 0.05) is 13.0 Å². The molecule has 0 fully saturated rings. The maximum Gasteiger partial charge on any atom is 0.240 e. The number of furan rings is 1. The second-order valence-corrected chi connectivity index (χ2v) is 7.33. The minimum atomic E-state index is -3.90. The lowest BCUT2D eigenvalue weighted by atomic mass is 10.0. The third-order valence-corrected chi connectivity index (χ3v) is 4.67. The van der Waals surface area contributed by atoms with Gasteiger partial charge in [-0.15, -0.1) is 0 Å². The second kappa shape index (κ2) is 6.37. The van der Waals surface area contributed by atoms with Crippen LogP contribution in [-0.2, 0) is 16.4 Å². The molecule has 120 valence electrons. The molecule has 2 aromatic rings. The largest absolute Gasteiger partial charge is 0.469 e. The molecule has 2 rings (SSSR count). The molecule has 2 N–H and O–H groups in total. The van der Waals surface area contributed by atoms with Gasteiger partial charge in [0.15, 0.2) is 0 Å². The number of rotatable bonds is 6. The van der Waals surface area contributed by atoms with Crippen molar-refractivity contribution in [2.75, 3.05) is 6.54 Å². The fourth-order valence-corrected chi connectivity index (χ4v) is 3.26. The van der Waals surface area contributed by atoms with Crippen molar-refractivity contribution in [3.8, 4) is 0 Å². The summed E-state index contributed by atoms with van der Waals surface area (Å²) in [7, 11) is -3.90. The average molecular weight is 348 g/mol. The minimum absolute atomic E-state index is 0.146. The molecule has 5 nitrogen and oxygen atoms in total. The van der Waals surface area contributed by atoms with E-state index in [4.69, 9.17) is 16.0 Å². The Kier molecular flexibility index (Phi) is 4.91. The number of sulfonamides is 1. The molecular weight excluding hydrogens is 333 g/mol. The molecule has 1 unspecified atom stereocenters. The first kappa shape index (κ1) is 17.0. The summed E-state index contributed by atoms with van der Waals surface area (Å²) in [6.45, 7) is 1.25. The number of hydrogen-bond donors (Lipinski definition) is 2. The van der Waals surface area contributed by atoms with Crippen LogP contribution in [0.25, 0.3) is 0 Å². The monoisotopic (exact) mass is 347 g/mol. The Balaban J connectivity index is 2.07. The maximum absolute atomic E-state index is 13.1. The molecule has 0 saturated carbocycles. The maximum atomic E-state index is 13.1. The number of nitrogens with one attached hydrogen (secondary N) is 1. The summed E-state index contributed by atoms with van der Waals surface area (Å²) in [4.78, 5) is -0.173. The van der Waals surface area contributed by atoms with Crippen molar-refractivity contribution >= 4 is 21.6 Å². The summed E-state index contributed by atoms with van der Waals surface area (Å²) < 4.78 is 44.7. The van der Waals surface area contributed by atoms with E-state index < -0.39 is 21.4 Å². The fourth-order valence-electron chi connectivity index (χ4n) is 1.83. The highest BCUT2D eigenvalue weighted by atomic mass is 35.5. The average Bonchev–Trinajstić information content (AvgIpc) is 2.92. The molecule has 8 heteroatoms. The number of aliphatic hydroxyl groups is 1. The summed E-state index contributed by atoms with van der Waals surface area (Å²) in [5.74, 6) is -0.167. The van der Waals surface area contributed by atoms with Crippen LogP contribution < -0.4 is 4.72 Å². The van der Waals surface area contributed by atoms with E-state index in [0.29, 0.717) is 5.76 Å². The highest BCUT2D eigenvalue weighted by molar-refractivity contribution is 7.89. The number of benzene rings is 1. The highest BCUT2D eigenvalue weighted by Gasteiger charge is 2.26.